The molecule has 1 N–H and O–H groups in total. The SMILES string of the molecule is COC(=O)c1cccc(NC(=O)c2cc[n+](Cc3ccccc3)cc2)c1.[Cl-]. The number of ether oxygens (including phenoxy) is 1. The Morgan fingerprint density at radius 2 is 1.63 bits per heavy atom. The third-order valence-electron chi connectivity index (χ3n) is 3.90. The van der Waals surface area contributed by atoms with Gasteiger partial charge in [-0.05, 0) is 18.2 Å². The molecule has 3 rings (SSSR count). The van der Waals surface area contributed by atoms with Gasteiger partial charge in [0.1, 0.15) is 0 Å². The topological polar surface area (TPSA) is 59.3 Å². The van der Waals surface area contributed by atoms with E-state index in [1.54, 1.807) is 36.4 Å². The average Bonchev–Trinajstić information content (AvgIpc) is 2.69. The molecular formula is C21H19ClN2O3. The number of hydrogen-bond acceptors (Lipinski definition) is 3. The van der Waals surface area contributed by atoms with Crippen LogP contribution >= 0.6 is 0 Å². The maximum absolute atomic E-state index is 12.4. The highest BCUT2D eigenvalue weighted by molar-refractivity contribution is 6.04. The Balaban J connectivity index is 0.00000261. The van der Waals surface area contributed by atoms with Gasteiger partial charge in [-0.3, -0.25) is 4.79 Å². The molecule has 0 bridgehead atoms. The first-order valence-electron chi connectivity index (χ1n) is 8.18. The molecule has 0 saturated heterocycles. The van der Waals surface area contributed by atoms with Gasteiger partial charge in [-0.25, -0.2) is 9.36 Å². The fourth-order valence-electron chi connectivity index (χ4n) is 2.55. The molecule has 3 aromatic rings. The fraction of sp³-hybridized carbons (Fsp3) is 0.0952. The largest absolute Gasteiger partial charge is 1.00 e. The van der Waals surface area contributed by atoms with E-state index in [9.17, 15) is 9.59 Å². The van der Waals surface area contributed by atoms with E-state index in [0.717, 1.165) is 6.54 Å². The van der Waals surface area contributed by atoms with E-state index in [4.69, 9.17) is 0 Å². The van der Waals surface area contributed by atoms with Gasteiger partial charge in [-0.1, -0.05) is 36.4 Å². The van der Waals surface area contributed by atoms with Crippen molar-refractivity contribution in [2.75, 3.05) is 12.4 Å². The van der Waals surface area contributed by atoms with Crippen molar-refractivity contribution < 1.29 is 31.3 Å². The Hall–Kier alpha value is -3.18. The molecule has 0 aliphatic carbocycles. The van der Waals surface area contributed by atoms with Gasteiger partial charge < -0.3 is 22.5 Å². The van der Waals surface area contributed by atoms with E-state index in [2.05, 4.69) is 22.2 Å². The van der Waals surface area contributed by atoms with Crippen molar-refractivity contribution in [1.82, 2.24) is 0 Å². The van der Waals surface area contributed by atoms with E-state index in [0.29, 0.717) is 16.8 Å². The number of aromatic nitrogens is 1. The average molecular weight is 383 g/mol. The zero-order chi connectivity index (χ0) is 18.4. The number of halogens is 1. The third-order valence-corrected chi connectivity index (χ3v) is 3.90. The quantitative estimate of drug-likeness (QED) is 0.501. The molecule has 5 nitrogen and oxygen atoms in total. The van der Waals surface area contributed by atoms with E-state index in [-0.39, 0.29) is 18.3 Å². The fourth-order valence-corrected chi connectivity index (χ4v) is 2.55. The maximum atomic E-state index is 12.4. The Bertz CT molecular complexity index is 912. The van der Waals surface area contributed by atoms with E-state index in [1.165, 1.54) is 12.7 Å². The third kappa shape index (κ3) is 5.39. The second kappa shape index (κ2) is 9.50. The van der Waals surface area contributed by atoms with Crippen molar-refractivity contribution >= 4 is 17.6 Å². The van der Waals surface area contributed by atoms with Gasteiger partial charge in [-0.15, -0.1) is 0 Å². The lowest BCUT2D eigenvalue weighted by Crippen LogP contribution is -3.00. The van der Waals surface area contributed by atoms with Crippen molar-refractivity contribution in [3.8, 4) is 0 Å². The van der Waals surface area contributed by atoms with Crippen molar-refractivity contribution in [2.45, 2.75) is 6.54 Å². The minimum atomic E-state index is -0.442. The van der Waals surface area contributed by atoms with Crippen molar-refractivity contribution in [1.29, 1.82) is 0 Å². The summed E-state index contributed by atoms with van der Waals surface area (Å²) in [5.74, 6) is -0.679. The van der Waals surface area contributed by atoms with Crippen LogP contribution in [-0.2, 0) is 11.3 Å². The number of carbonyl (C=O) groups is 2. The summed E-state index contributed by atoms with van der Waals surface area (Å²) in [4.78, 5) is 24.0. The molecule has 0 atom stereocenters. The first kappa shape index (κ1) is 20.1. The van der Waals surface area contributed by atoms with Gasteiger partial charge in [-0.2, -0.15) is 0 Å². The number of methoxy groups -OCH3 is 1. The molecule has 138 valence electrons. The Morgan fingerprint density at radius 1 is 0.926 bits per heavy atom. The van der Waals surface area contributed by atoms with E-state index < -0.39 is 5.97 Å². The highest BCUT2D eigenvalue weighted by Gasteiger charge is 2.11. The van der Waals surface area contributed by atoms with Crippen molar-refractivity contribution in [3.63, 3.8) is 0 Å². The maximum Gasteiger partial charge on any atom is 0.337 e. The molecule has 0 spiro atoms. The summed E-state index contributed by atoms with van der Waals surface area (Å²) >= 11 is 0. The molecule has 0 radical (unpaired) electrons. The Morgan fingerprint density at radius 3 is 2.30 bits per heavy atom. The van der Waals surface area contributed by atoms with E-state index in [1.807, 2.05) is 35.2 Å². The van der Waals surface area contributed by atoms with Gasteiger partial charge in [0.05, 0.1) is 18.2 Å². The van der Waals surface area contributed by atoms with Crippen LogP contribution in [0, 0.1) is 0 Å². The number of amides is 1. The summed E-state index contributed by atoms with van der Waals surface area (Å²) in [5, 5.41) is 2.79. The first-order chi connectivity index (χ1) is 12.7. The molecule has 0 fully saturated rings. The highest BCUT2D eigenvalue weighted by atomic mass is 35.5. The number of carbonyl (C=O) groups excluding carboxylic acids is 2. The molecule has 6 heteroatoms. The van der Waals surface area contributed by atoms with Crippen LogP contribution in [0.3, 0.4) is 0 Å². The zero-order valence-corrected chi connectivity index (χ0v) is 15.5. The summed E-state index contributed by atoms with van der Waals surface area (Å²) in [6.07, 6.45) is 3.74. The predicted octanol–water partition coefficient (Wildman–Crippen LogP) is 0.0653. The minimum absolute atomic E-state index is 0. The lowest BCUT2D eigenvalue weighted by molar-refractivity contribution is -0.688. The van der Waals surface area contributed by atoms with Crippen LogP contribution in [0.25, 0.3) is 0 Å². The molecular weight excluding hydrogens is 364 g/mol. The monoisotopic (exact) mass is 382 g/mol. The first-order valence-corrected chi connectivity index (χ1v) is 8.18. The summed E-state index contributed by atoms with van der Waals surface area (Å²) in [5.41, 5.74) is 2.66. The van der Waals surface area contributed by atoms with E-state index >= 15 is 0 Å². The molecule has 0 aliphatic heterocycles. The molecule has 27 heavy (non-hydrogen) atoms. The lowest BCUT2D eigenvalue weighted by atomic mass is 10.2. The van der Waals surface area contributed by atoms with Crippen LogP contribution in [0.5, 0.6) is 0 Å². The smallest absolute Gasteiger partial charge is 0.337 e. The van der Waals surface area contributed by atoms with Gasteiger partial charge >= 0.3 is 5.97 Å². The van der Waals surface area contributed by atoms with Gasteiger partial charge in [0.15, 0.2) is 18.9 Å². The predicted molar refractivity (Wildman–Crippen MR) is 97.9 cm³/mol. The summed E-state index contributed by atoms with van der Waals surface area (Å²) in [7, 11) is 1.32. The standard InChI is InChI=1S/C21H18N2O3.ClH/c1-26-21(25)18-8-5-9-19(14-18)22-20(24)17-10-12-23(13-11-17)15-16-6-3-2-4-7-16;/h2-14H,15H2,1H3;1H. The summed E-state index contributed by atoms with van der Waals surface area (Å²) in [6, 6.07) is 20.3. The molecule has 1 heterocycles. The number of hydrogen-bond donors (Lipinski definition) is 1. The normalized spacial score (nSPS) is 9.81. The molecule has 2 aromatic carbocycles. The number of anilines is 1. The molecule has 0 aliphatic rings. The minimum Gasteiger partial charge on any atom is -1.00 e. The lowest BCUT2D eigenvalue weighted by Gasteiger charge is -2.06. The number of esters is 1. The second-order valence-corrected chi connectivity index (χ2v) is 5.77. The van der Waals surface area contributed by atoms with Crippen LogP contribution in [0.1, 0.15) is 26.3 Å². The Kier molecular flexibility index (Phi) is 7.08. The number of nitrogens with one attached hydrogen (secondary N) is 1. The van der Waals surface area contributed by atoms with Crippen LogP contribution in [0.15, 0.2) is 79.1 Å². The number of nitrogens with zero attached hydrogens (tertiary/aromatic N) is 1. The van der Waals surface area contributed by atoms with Crippen LogP contribution < -0.4 is 22.3 Å². The van der Waals surface area contributed by atoms with Gasteiger partial charge in [0.2, 0.25) is 0 Å². The molecule has 0 unspecified atom stereocenters. The van der Waals surface area contributed by atoms with Crippen LogP contribution in [0.4, 0.5) is 5.69 Å². The Labute approximate surface area is 164 Å². The summed E-state index contributed by atoms with van der Waals surface area (Å²) in [6.45, 7) is 0.740. The second-order valence-electron chi connectivity index (χ2n) is 5.77. The zero-order valence-electron chi connectivity index (χ0n) is 14.8. The molecule has 1 amide bonds. The number of pyridine rings is 1. The van der Waals surface area contributed by atoms with Crippen LogP contribution in [-0.4, -0.2) is 19.0 Å². The van der Waals surface area contributed by atoms with Crippen molar-refractivity contribution in [2.24, 2.45) is 0 Å². The number of benzene rings is 2. The van der Waals surface area contributed by atoms with Crippen molar-refractivity contribution in [3.05, 3.63) is 95.8 Å². The highest BCUT2D eigenvalue weighted by Crippen LogP contribution is 2.13. The number of rotatable bonds is 5. The molecule has 0 saturated carbocycles. The molecule has 1 aromatic heterocycles. The van der Waals surface area contributed by atoms with Gasteiger partial charge in [0, 0.05) is 23.4 Å². The summed E-state index contributed by atoms with van der Waals surface area (Å²) < 4.78 is 6.69. The van der Waals surface area contributed by atoms with Gasteiger partial charge in [0.25, 0.3) is 5.91 Å². The van der Waals surface area contributed by atoms with Crippen LogP contribution in [0.2, 0.25) is 0 Å².